The zero-order chi connectivity index (χ0) is 24.5. The van der Waals surface area contributed by atoms with Gasteiger partial charge in [-0.15, -0.1) is 0 Å². The summed E-state index contributed by atoms with van der Waals surface area (Å²) in [7, 11) is 3.24. The lowest BCUT2D eigenvalue weighted by Crippen LogP contribution is -2.25. The summed E-state index contributed by atoms with van der Waals surface area (Å²) < 4.78 is 18.8. The van der Waals surface area contributed by atoms with E-state index in [1.807, 2.05) is 54.6 Å². The fourth-order valence-electron chi connectivity index (χ4n) is 4.02. The molecule has 7 nitrogen and oxygen atoms in total. The molecule has 1 N–H and O–H groups in total. The molecule has 35 heavy (non-hydrogen) atoms. The normalized spacial score (nSPS) is 10.8. The predicted octanol–water partition coefficient (Wildman–Crippen LogP) is 4.89. The molecule has 4 aromatic rings. The number of hydrogen-bond acceptors (Lipinski definition) is 5. The molecule has 0 bridgehead atoms. The van der Waals surface area contributed by atoms with E-state index < -0.39 is 0 Å². The van der Waals surface area contributed by atoms with E-state index in [1.54, 1.807) is 26.4 Å². The molecule has 0 aliphatic carbocycles. The van der Waals surface area contributed by atoms with Crippen LogP contribution in [0.25, 0.3) is 11.0 Å². The molecule has 1 heterocycles. The van der Waals surface area contributed by atoms with Crippen molar-refractivity contribution in [1.29, 1.82) is 0 Å². The lowest BCUT2D eigenvalue weighted by molar-refractivity contribution is 0.0952. The van der Waals surface area contributed by atoms with Crippen LogP contribution >= 0.6 is 0 Å². The van der Waals surface area contributed by atoms with Crippen molar-refractivity contribution in [2.75, 3.05) is 27.4 Å². The third kappa shape index (κ3) is 6.12. The molecular weight excluding hydrogens is 442 g/mol. The number of fused-ring (bicyclic) bond motifs is 1. The molecule has 0 saturated heterocycles. The average Bonchev–Trinajstić information content (AvgIpc) is 3.26. The number of rotatable bonds is 12. The Kier molecular flexibility index (Phi) is 8.22. The van der Waals surface area contributed by atoms with E-state index in [1.165, 1.54) is 0 Å². The van der Waals surface area contributed by atoms with Gasteiger partial charge in [0.1, 0.15) is 11.6 Å². The van der Waals surface area contributed by atoms with Crippen LogP contribution in [0.2, 0.25) is 0 Å². The summed E-state index contributed by atoms with van der Waals surface area (Å²) in [6, 6.07) is 23.0. The summed E-state index contributed by atoms with van der Waals surface area (Å²) in [4.78, 5) is 17.3. The Morgan fingerprint density at radius 2 is 1.71 bits per heavy atom. The SMILES string of the molecule is COc1cccc(C(=O)NCCCc2nc3ccccc3n2CCCOc2ccccc2OC)c1. The Morgan fingerprint density at radius 1 is 0.914 bits per heavy atom. The second-order valence-electron chi connectivity index (χ2n) is 8.11. The van der Waals surface area contributed by atoms with E-state index in [9.17, 15) is 4.79 Å². The Hall–Kier alpha value is -4.00. The highest BCUT2D eigenvalue weighted by Gasteiger charge is 2.12. The first-order valence-corrected chi connectivity index (χ1v) is 11.8. The number of carbonyl (C=O) groups excluding carboxylic acids is 1. The maximum atomic E-state index is 12.5. The number of benzene rings is 3. The molecule has 1 aromatic heterocycles. The van der Waals surface area contributed by atoms with Gasteiger partial charge < -0.3 is 24.1 Å². The van der Waals surface area contributed by atoms with E-state index in [-0.39, 0.29) is 5.91 Å². The fourth-order valence-corrected chi connectivity index (χ4v) is 4.02. The van der Waals surface area contributed by atoms with Crippen LogP contribution in [-0.2, 0) is 13.0 Å². The van der Waals surface area contributed by atoms with Crippen LogP contribution in [0, 0.1) is 0 Å². The van der Waals surface area contributed by atoms with Crippen LogP contribution in [0.5, 0.6) is 17.2 Å². The smallest absolute Gasteiger partial charge is 0.251 e. The number of amides is 1. The second-order valence-corrected chi connectivity index (χ2v) is 8.11. The maximum absolute atomic E-state index is 12.5. The Labute approximate surface area is 205 Å². The molecule has 0 radical (unpaired) electrons. The number of nitrogens with one attached hydrogen (secondary N) is 1. The van der Waals surface area contributed by atoms with Gasteiger partial charge in [-0.1, -0.05) is 30.3 Å². The first-order chi connectivity index (χ1) is 17.2. The molecule has 0 aliphatic heterocycles. The van der Waals surface area contributed by atoms with Gasteiger partial charge in [0.15, 0.2) is 11.5 Å². The van der Waals surface area contributed by atoms with Crippen molar-refractivity contribution in [1.82, 2.24) is 14.9 Å². The van der Waals surface area contributed by atoms with Crippen LogP contribution in [0.4, 0.5) is 0 Å². The molecule has 0 atom stereocenters. The minimum Gasteiger partial charge on any atom is -0.497 e. The summed E-state index contributed by atoms with van der Waals surface area (Å²) in [5.74, 6) is 3.06. The van der Waals surface area contributed by atoms with Gasteiger partial charge in [0.05, 0.1) is 31.9 Å². The molecule has 3 aromatic carbocycles. The summed E-state index contributed by atoms with van der Waals surface area (Å²) in [5.41, 5.74) is 2.68. The van der Waals surface area contributed by atoms with E-state index in [0.29, 0.717) is 24.5 Å². The monoisotopic (exact) mass is 473 g/mol. The minimum atomic E-state index is -0.106. The summed E-state index contributed by atoms with van der Waals surface area (Å²) in [5, 5.41) is 2.99. The zero-order valence-corrected chi connectivity index (χ0v) is 20.2. The zero-order valence-electron chi connectivity index (χ0n) is 20.2. The van der Waals surface area contributed by atoms with Crippen LogP contribution in [0.3, 0.4) is 0 Å². The molecule has 182 valence electrons. The number of imidazole rings is 1. The molecule has 0 aliphatic rings. The number of aromatic nitrogens is 2. The lowest BCUT2D eigenvalue weighted by Gasteiger charge is -2.12. The van der Waals surface area contributed by atoms with Crippen molar-refractivity contribution < 1.29 is 19.0 Å². The molecule has 7 heteroatoms. The Morgan fingerprint density at radius 3 is 2.54 bits per heavy atom. The number of methoxy groups -OCH3 is 2. The number of carbonyl (C=O) groups is 1. The van der Waals surface area contributed by atoms with Crippen LogP contribution in [0.1, 0.15) is 29.0 Å². The van der Waals surface area contributed by atoms with Gasteiger partial charge in [0, 0.05) is 25.1 Å². The van der Waals surface area contributed by atoms with E-state index in [2.05, 4.69) is 16.0 Å². The molecule has 1 amide bonds. The van der Waals surface area contributed by atoms with Gasteiger partial charge in [-0.05, 0) is 55.3 Å². The molecule has 0 fully saturated rings. The highest BCUT2D eigenvalue weighted by molar-refractivity contribution is 5.94. The maximum Gasteiger partial charge on any atom is 0.251 e. The largest absolute Gasteiger partial charge is 0.497 e. The number of para-hydroxylation sites is 4. The van der Waals surface area contributed by atoms with Gasteiger partial charge >= 0.3 is 0 Å². The first kappa shape index (κ1) is 24.1. The van der Waals surface area contributed by atoms with E-state index in [4.69, 9.17) is 19.2 Å². The molecule has 0 unspecified atom stereocenters. The van der Waals surface area contributed by atoms with Crippen molar-refractivity contribution >= 4 is 16.9 Å². The third-order valence-corrected chi connectivity index (χ3v) is 5.78. The van der Waals surface area contributed by atoms with Gasteiger partial charge in [-0.2, -0.15) is 0 Å². The quantitative estimate of drug-likeness (QED) is 0.297. The summed E-state index contributed by atoms with van der Waals surface area (Å²) in [6.07, 6.45) is 2.38. The Balaban J connectivity index is 1.33. The van der Waals surface area contributed by atoms with Crippen molar-refractivity contribution in [3.63, 3.8) is 0 Å². The highest BCUT2D eigenvalue weighted by Crippen LogP contribution is 2.26. The number of ether oxygens (including phenoxy) is 3. The second kappa shape index (κ2) is 11.9. The van der Waals surface area contributed by atoms with E-state index in [0.717, 1.165) is 54.2 Å². The molecule has 4 rings (SSSR count). The first-order valence-electron chi connectivity index (χ1n) is 11.8. The highest BCUT2D eigenvalue weighted by atomic mass is 16.5. The van der Waals surface area contributed by atoms with Crippen molar-refractivity contribution in [2.24, 2.45) is 0 Å². The van der Waals surface area contributed by atoms with Gasteiger partial charge in [-0.3, -0.25) is 4.79 Å². The molecular formula is C28H31N3O4. The fraction of sp³-hybridized carbons (Fsp3) is 0.286. The average molecular weight is 474 g/mol. The Bertz CT molecular complexity index is 1270. The number of aryl methyl sites for hydroxylation is 2. The lowest BCUT2D eigenvalue weighted by atomic mass is 10.2. The summed E-state index contributed by atoms with van der Waals surface area (Å²) in [6.45, 7) is 1.93. The van der Waals surface area contributed by atoms with Crippen LogP contribution in [0.15, 0.2) is 72.8 Å². The standard InChI is InChI=1S/C28H31N3O4/c1-33-22-11-7-10-21(20-22)28(32)29-17-8-16-27-30-23-12-3-4-13-24(23)31(27)18-9-19-35-26-15-6-5-14-25(26)34-2/h3-7,10-15,20H,8-9,16-19H2,1-2H3,(H,29,32). The third-order valence-electron chi connectivity index (χ3n) is 5.78. The van der Waals surface area contributed by atoms with Crippen molar-refractivity contribution in [3.8, 4) is 17.2 Å². The number of nitrogens with zero attached hydrogens (tertiary/aromatic N) is 2. The van der Waals surface area contributed by atoms with Crippen molar-refractivity contribution in [3.05, 3.63) is 84.2 Å². The van der Waals surface area contributed by atoms with Gasteiger partial charge in [0.2, 0.25) is 0 Å². The van der Waals surface area contributed by atoms with Gasteiger partial charge in [-0.25, -0.2) is 4.98 Å². The summed E-state index contributed by atoms with van der Waals surface area (Å²) >= 11 is 0. The molecule has 0 spiro atoms. The van der Waals surface area contributed by atoms with Gasteiger partial charge in [0.25, 0.3) is 5.91 Å². The predicted molar refractivity (Wildman–Crippen MR) is 136 cm³/mol. The number of hydrogen-bond donors (Lipinski definition) is 1. The van der Waals surface area contributed by atoms with Crippen LogP contribution < -0.4 is 19.5 Å². The van der Waals surface area contributed by atoms with Crippen molar-refractivity contribution in [2.45, 2.75) is 25.8 Å². The van der Waals surface area contributed by atoms with E-state index >= 15 is 0 Å². The topological polar surface area (TPSA) is 74.6 Å². The van der Waals surface area contributed by atoms with Crippen LogP contribution in [-0.4, -0.2) is 42.8 Å². The molecule has 0 saturated carbocycles. The minimum absolute atomic E-state index is 0.106.